The van der Waals surface area contributed by atoms with E-state index < -0.39 is 0 Å². The number of amides is 1. The Kier molecular flexibility index (Phi) is 4.75. The molecule has 1 aromatic carbocycles. The molecule has 136 valence electrons. The van der Waals surface area contributed by atoms with E-state index in [0.29, 0.717) is 19.4 Å². The van der Waals surface area contributed by atoms with Crippen molar-refractivity contribution >= 4 is 16.8 Å². The van der Waals surface area contributed by atoms with E-state index in [2.05, 4.69) is 50.1 Å². The molecule has 0 atom stereocenters. The molecule has 4 rings (SSSR count). The molecule has 1 aliphatic heterocycles. The highest BCUT2D eigenvalue weighted by atomic mass is 16.2. The first-order valence-corrected chi connectivity index (χ1v) is 9.25. The number of para-hydroxylation sites is 1. The van der Waals surface area contributed by atoms with E-state index in [0.717, 1.165) is 31.9 Å². The van der Waals surface area contributed by atoms with Crippen LogP contribution in [0, 0.1) is 0 Å². The molecule has 1 N–H and O–H groups in total. The van der Waals surface area contributed by atoms with Crippen molar-refractivity contribution in [1.29, 1.82) is 0 Å². The van der Waals surface area contributed by atoms with Crippen molar-refractivity contribution in [2.45, 2.75) is 32.5 Å². The fourth-order valence-corrected chi connectivity index (χ4v) is 3.52. The van der Waals surface area contributed by atoms with E-state index in [4.69, 9.17) is 0 Å². The number of aryl methyl sites for hydroxylation is 1. The number of carbonyl (C=O) groups excluding carboxylic acids is 1. The number of fused-ring (bicyclic) bond motifs is 2. The fraction of sp³-hybridized carbons (Fsp3) is 0.400. The first kappa shape index (κ1) is 16.8. The maximum atomic E-state index is 12.5. The standard InChI is InChI=1S/C20H25N5O/c1-23(12-13-24-10-8-16-4-2-3-5-19(16)24)20(26)7-6-17-14-18-15-21-9-11-25(18)22-17/h2-5,8,10,14,21H,6-7,9,11-13,15H2,1H3. The van der Waals surface area contributed by atoms with Gasteiger partial charge in [-0.3, -0.25) is 9.48 Å². The van der Waals surface area contributed by atoms with Crippen LogP contribution in [0.1, 0.15) is 17.8 Å². The molecule has 6 heteroatoms. The summed E-state index contributed by atoms with van der Waals surface area (Å²) in [5.74, 6) is 0.172. The molecule has 2 aromatic heterocycles. The molecule has 6 nitrogen and oxygen atoms in total. The van der Waals surface area contributed by atoms with E-state index >= 15 is 0 Å². The van der Waals surface area contributed by atoms with Crippen molar-refractivity contribution in [3.8, 4) is 0 Å². The lowest BCUT2D eigenvalue weighted by molar-refractivity contribution is -0.130. The first-order valence-electron chi connectivity index (χ1n) is 9.25. The number of benzene rings is 1. The molecule has 26 heavy (non-hydrogen) atoms. The Morgan fingerprint density at radius 1 is 1.31 bits per heavy atom. The second kappa shape index (κ2) is 7.33. The molecule has 1 aliphatic rings. The Hall–Kier alpha value is -2.60. The summed E-state index contributed by atoms with van der Waals surface area (Å²) in [6.07, 6.45) is 3.30. The minimum atomic E-state index is 0.172. The Morgan fingerprint density at radius 3 is 3.08 bits per heavy atom. The van der Waals surface area contributed by atoms with Crippen molar-refractivity contribution in [1.82, 2.24) is 24.6 Å². The van der Waals surface area contributed by atoms with Gasteiger partial charge in [-0.1, -0.05) is 18.2 Å². The van der Waals surface area contributed by atoms with Crippen LogP contribution in [0.5, 0.6) is 0 Å². The van der Waals surface area contributed by atoms with Gasteiger partial charge in [0.25, 0.3) is 0 Å². The third kappa shape index (κ3) is 3.51. The van der Waals surface area contributed by atoms with Gasteiger partial charge in [-0.15, -0.1) is 0 Å². The largest absolute Gasteiger partial charge is 0.346 e. The van der Waals surface area contributed by atoms with Crippen LogP contribution in [0.4, 0.5) is 0 Å². The summed E-state index contributed by atoms with van der Waals surface area (Å²) in [5.41, 5.74) is 3.44. The molecule has 1 amide bonds. The van der Waals surface area contributed by atoms with Gasteiger partial charge in [0.1, 0.15) is 0 Å². The molecule has 0 aliphatic carbocycles. The molecule has 0 saturated carbocycles. The van der Waals surface area contributed by atoms with Crippen LogP contribution < -0.4 is 5.32 Å². The monoisotopic (exact) mass is 351 g/mol. The Balaban J connectivity index is 1.29. The van der Waals surface area contributed by atoms with E-state index in [9.17, 15) is 4.79 Å². The van der Waals surface area contributed by atoms with E-state index in [1.54, 1.807) is 0 Å². The number of rotatable bonds is 6. The zero-order chi connectivity index (χ0) is 17.9. The minimum absolute atomic E-state index is 0.172. The van der Waals surface area contributed by atoms with Gasteiger partial charge < -0.3 is 14.8 Å². The lowest BCUT2D eigenvalue weighted by Crippen LogP contribution is -2.30. The summed E-state index contributed by atoms with van der Waals surface area (Å²) in [4.78, 5) is 14.3. The number of hydrogen-bond acceptors (Lipinski definition) is 3. The topological polar surface area (TPSA) is 55.1 Å². The number of hydrogen-bond donors (Lipinski definition) is 1. The maximum absolute atomic E-state index is 12.5. The molecule has 0 bridgehead atoms. The predicted octanol–water partition coefficient (Wildman–Crippen LogP) is 2.03. The average molecular weight is 351 g/mol. The quantitative estimate of drug-likeness (QED) is 0.739. The number of nitrogens with one attached hydrogen (secondary N) is 1. The normalized spacial score (nSPS) is 13.7. The van der Waals surface area contributed by atoms with Crippen molar-refractivity contribution < 1.29 is 4.79 Å². The highest BCUT2D eigenvalue weighted by Gasteiger charge is 2.14. The third-order valence-electron chi connectivity index (χ3n) is 5.10. The van der Waals surface area contributed by atoms with Crippen LogP contribution in [-0.2, 0) is 30.8 Å². The van der Waals surface area contributed by atoms with Crippen LogP contribution in [0.15, 0.2) is 42.6 Å². The molecular formula is C20H25N5O. The summed E-state index contributed by atoms with van der Waals surface area (Å²) in [6.45, 7) is 4.25. The molecule has 0 saturated heterocycles. The molecule has 0 fully saturated rings. The second-order valence-corrected chi connectivity index (χ2v) is 6.91. The molecule has 3 aromatic rings. The first-order chi connectivity index (χ1) is 12.7. The van der Waals surface area contributed by atoms with Gasteiger partial charge in [0.15, 0.2) is 0 Å². The summed E-state index contributed by atoms with van der Waals surface area (Å²) >= 11 is 0. The second-order valence-electron chi connectivity index (χ2n) is 6.91. The number of carbonyl (C=O) groups is 1. The highest BCUT2D eigenvalue weighted by molar-refractivity contribution is 5.80. The lowest BCUT2D eigenvalue weighted by atomic mass is 10.2. The number of likely N-dealkylation sites (N-methyl/N-ethyl adjacent to an activating group) is 1. The van der Waals surface area contributed by atoms with Crippen molar-refractivity contribution in [2.75, 3.05) is 20.1 Å². The van der Waals surface area contributed by atoms with Gasteiger partial charge in [-0.05, 0) is 23.6 Å². The average Bonchev–Trinajstić information content (AvgIpc) is 3.27. The van der Waals surface area contributed by atoms with Gasteiger partial charge in [-0.2, -0.15) is 5.10 Å². The Morgan fingerprint density at radius 2 is 2.19 bits per heavy atom. The van der Waals surface area contributed by atoms with Crippen LogP contribution in [-0.4, -0.2) is 45.3 Å². The highest BCUT2D eigenvalue weighted by Crippen LogP contribution is 2.15. The zero-order valence-electron chi connectivity index (χ0n) is 15.2. The van der Waals surface area contributed by atoms with E-state index in [-0.39, 0.29) is 5.91 Å². The fourth-order valence-electron chi connectivity index (χ4n) is 3.52. The lowest BCUT2D eigenvalue weighted by Gasteiger charge is -2.17. The summed E-state index contributed by atoms with van der Waals surface area (Å²) in [7, 11) is 1.89. The number of aromatic nitrogens is 3. The van der Waals surface area contributed by atoms with Crippen molar-refractivity contribution in [2.24, 2.45) is 0 Å². The van der Waals surface area contributed by atoms with Crippen LogP contribution in [0.2, 0.25) is 0 Å². The van der Waals surface area contributed by atoms with Crippen molar-refractivity contribution in [3.05, 3.63) is 54.0 Å². The van der Waals surface area contributed by atoms with Gasteiger partial charge in [0, 0.05) is 57.8 Å². The minimum Gasteiger partial charge on any atom is -0.346 e. The molecule has 0 spiro atoms. The van der Waals surface area contributed by atoms with Crippen LogP contribution in [0.3, 0.4) is 0 Å². The molecule has 0 unspecified atom stereocenters. The zero-order valence-corrected chi connectivity index (χ0v) is 15.2. The van der Waals surface area contributed by atoms with E-state index in [1.807, 2.05) is 24.1 Å². The Bertz CT molecular complexity index is 886. The van der Waals surface area contributed by atoms with Gasteiger partial charge in [-0.25, -0.2) is 0 Å². The smallest absolute Gasteiger partial charge is 0.222 e. The van der Waals surface area contributed by atoms with E-state index in [1.165, 1.54) is 16.6 Å². The van der Waals surface area contributed by atoms with Crippen LogP contribution in [0.25, 0.3) is 10.9 Å². The van der Waals surface area contributed by atoms with Crippen molar-refractivity contribution in [3.63, 3.8) is 0 Å². The summed E-state index contributed by atoms with van der Waals surface area (Å²) < 4.78 is 4.26. The molecule has 0 radical (unpaired) electrons. The van der Waals surface area contributed by atoms with Gasteiger partial charge in [0.2, 0.25) is 5.91 Å². The van der Waals surface area contributed by atoms with Crippen LogP contribution >= 0.6 is 0 Å². The number of nitrogens with zero attached hydrogens (tertiary/aromatic N) is 4. The molecular weight excluding hydrogens is 326 g/mol. The summed E-state index contributed by atoms with van der Waals surface area (Å²) in [5, 5.41) is 9.18. The predicted molar refractivity (Wildman–Crippen MR) is 102 cm³/mol. The van der Waals surface area contributed by atoms with Gasteiger partial charge in [0.05, 0.1) is 17.9 Å². The maximum Gasteiger partial charge on any atom is 0.222 e. The van der Waals surface area contributed by atoms with Gasteiger partial charge >= 0.3 is 0 Å². The third-order valence-corrected chi connectivity index (χ3v) is 5.10. The molecule has 3 heterocycles. The Labute approximate surface area is 153 Å². The summed E-state index contributed by atoms with van der Waals surface area (Å²) in [6, 6.07) is 12.6. The SMILES string of the molecule is CN(CCn1ccc2ccccc21)C(=O)CCc1cc2n(n1)CCNC2.